The van der Waals surface area contributed by atoms with Crippen LogP contribution in [0.4, 0.5) is 0 Å². The summed E-state index contributed by atoms with van der Waals surface area (Å²) in [5.41, 5.74) is 0. The van der Waals surface area contributed by atoms with Gasteiger partial charge in [0.15, 0.2) is 15.8 Å². The van der Waals surface area contributed by atoms with Crippen molar-refractivity contribution in [2.24, 2.45) is 4.99 Å². The molecule has 2 fully saturated rings. The normalized spacial score (nSPS) is 24.4. The Kier molecular flexibility index (Phi) is 10.5. The van der Waals surface area contributed by atoms with Crippen molar-refractivity contribution in [1.29, 1.82) is 0 Å². The Bertz CT molecular complexity index is 481. The Morgan fingerprint density at radius 2 is 2.04 bits per heavy atom. The minimum absolute atomic E-state index is 0. The molecule has 0 amide bonds. The van der Waals surface area contributed by atoms with Crippen molar-refractivity contribution in [3.63, 3.8) is 0 Å². The van der Waals surface area contributed by atoms with Gasteiger partial charge in [-0.3, -0.25) is 9.89 Å². The van der Waals surface area contributed by atoms with E-state index in [1.165, 1.54) is 0 Å². The Morgan fingerprint density at radius 1 is 1.29 bits per heavy atom. The van der Waals surface area contributed by atoms with Gasteiger partial charge in [0.2, 0.25) is 0 Å². The fraction of sp³-hybridized carbons (Fsp3) is 0.933. The largest absolute Gasteiger partial charge is 0.379 e. The summed E-state index contributed by atoms with van der Waals surface area (Å²) in [4.78, 5) is 6.99. The smallest absolute Gasteiger partial charge is 0.191 e. The Hall–Kier alpha value is -0.130. The molecule has 142 valence electrons. The maximum absolute atomic E-state index is 11.5. The van der Waals surface area contributed by atoms with E-state index < -0.39 is 9.84 Å². The van der Waals surface area contributed by atoms with Gasteiger partial charge < -0.3 is 15.4 Å². The molecule has 0 spiro atoms. The lowest BCUT2D eigenvalue weighted by Crippen LogP contribution is -2.44. The van der Waals surface area contributed by atoms with Crippen LogP contribution in [0.3, 0.4) is 0 Å². The lowest BCUT2D eigenvalue weighted by Gasteiger charge is -2.26. The molecule has 2 aliphatic rings. The van der Waals surface area contributed by atoms with Crippen LogP contribution in [0.5, 0.6) is 0 Å². The standard InChI is InChI=1S/C15H30N4O3S.HI/c1-2-16-15(18-14-5-12-23(20,21)13-14)17-6-3-4-7-19-8-10-22-11-9-19;/h14H,2-13H2,1H3,(H2,16,17,18);1H. The molecular formula is C15H31IN4O3S. The molecule has 1 unspecified atom stereocenters. The van der Waals surface area contributed by atoms with Crippen LogP contribution in [0.15, 0.2) is 4.99 Å². The Balaban J connectivity index is 0.00000288. The van der Waals surface area contributed by atoms with E-state index in [-0.39, 0.29) is 41.5 Å². The number of morpholine rings is 1. The summed E-state index contributed by atoms with van der Waals surface area (Å²) in [5, 5.41) is 6.44. The first-order valence-electron chi connectivity index (χ1n) is 8.64. The summed E-state index contributed by atoms with van der Waals surface area (Å²) in [7, 11) is -2.86. The van der Waals surface area contributed by atoms with E-state index in [1.54, 1.807) is 0 Å². The van der Waals surface area contributed by atoms with Crippen LogP contribution in [0.25, 0.3) is 0 Å². The number of hydrogen-bond acceptors (Lipinski definition) is 5. The number of halogens is 1. The third kappa shape index (κ3) is 8.30. The van der Waals surface area contributed by atoms with Crippen LogP contribution >= 0.6 is 24.0 Å². The van der Waals surface area contributed by atoms with Crippen molar-refractivity contribution in [2.45, 2.75) is 32.2 Å². The molecule has 0 saturated carbocycles. The van der Waals surface area contributed by atoms with E-state index >= 15 is 0 Å². The monoisotopic (exact) mass is 474 g/mol. The van der Waals surface area contributed by atoms with Crippen molar-refractivity contribution in [3.05, 3.63) is 0 Å². The second-order valence-corrected chi connectivity index (χ2v) is 8.39. The summed E-state index contributed by atoms with van der Waals surface area (Å²) < 4.78 is 28.4. The zero-order chi connectivity index (χ0) is 16.5. The molecule has 0 aromatic carbocycles. The summed E-state index contributed by atoms with van der Waals surface area (Å²) in [6, 6.07) is -0.00819. The number of guanidine groups is 1. The number of ether oxygens (including phenoxy) is 1. The van der Waals surface area contributed by atoms with E-state index in [4.69, 9.17) is 4.74 Å². The molecule has 0 aliphatic carbocycles. The fourth-order valence-corrected chi connectivity index (χ4v) is 4.56. The molecule has 9 heteroatoms. The highest BCUT2D eigenvalue weighted by atomic mass is 127. The zero-order valence-corrected chi connectivity index (χ0v) is 17.6. The van der Waals surface area contributed by atoms with Crippen LogP contribution in [-0.4, -0.2) is 82.8 Å². The van der Waals surface area contributed by atoms with Crippen molar-refractivity contribution < 1.29 is 13.2 Å². The highest BCUT2D eigenvalue weighted by Gasteiger charge is 2.28. The summed E-state index contributed by atoms with van der Waals surface area (Å²) in [5.74, 6) is 1.24. The fourth-order valence-electron chi connectivity index (χ4n) is 2.89. The van der Waals surface area contributed by atoms with E-state index in [9.17, 15) is 8.42 Å². The predicted molar refractivity (Wildman–Crippen MR) is 108 cm³/mol. The first kappa shape index (κ1) is 21.9. The van der Waals surface area contributed by atoms with Crippen LogP contribution in [0.2, 0.25) is 0 Å². The van der Waals surface area contributed by atoms with Gasteiger partial charge in [0, 0.05) is 32.2 Å². The third-order valence-corrected chi connectivity index (χ3v) is 5.94. The predicted octanol–water partition coefficient (Wildman–Crippen LogP) is 0.459. The van der Waals surface area contributed by atoms with Gasteiger partial charge in [-0.25, -0.2) is 8.42 Å². The summed E-state index contributed by atoms with van der Waals surface area (Å²) in [6.45, 7) is 8.41. The molecule has 0 bridgehead atoms. The van der Waals surface area contributed by atoms with E-state index in [2.05, 4.69) is 20.5 Å². The second-order valence-electron chi connectivity index (χ2n) is 6.17. The van der Waals surface area contributed by atoms with Crippen LogP contribution in [0, 0.1) is 0 Å². The molecule has 2 heterocycles. The zero-order valence-electron chi connectivity index (χ0n) is 14.5. The first-order valence-corrected chi connectivity index (χ1v) is 10.5. The van der Waals surface area contributed by atoms with Crippen LogP contribution in [-0.2, 0) is 14.6 Å². The van der Waals surface area contributed by atoms with Gasteiger partial charge in [-0.05, 0) is 32.7 Å². The minimum Gasteiger partial charge on any atom is -0.379 e. The van der Waals surface area contributed by atoms with Gasteiger partial charge in [-0.2, -0.15) is 0 Å². The lowest BCUT2D eigenvalue weighted by molar-refractivity contribution is 0.0373. The van der Waals surface area contributed by atoms with E-state index in [1.807, 2.05) is 6.92 Å². The summed E-state index contributed by atoms with van der Waals surface area (Å²) in [6.07, 6.45) is 2.83. The number of aliphatic imine (C=N–C) groups is 1. The number of nitrogens with one attached hydrogen (secondary N) is 2. The third-order valence-electron chi connectivity index (χ3n) is 4.17. The van der Waals surface area contributed by atoms with Crippen molar-refractivity contribution in [2.75, 3.05) is 57.4 Å². The van der Waals surface area contributed by atoms with Gasteiger partial charge in [0.1, 0.15) is 0 Å². The molecule has 2 N–H and O–H groups in total. The molecule has 2 saturated heterocycles. The highest BCUT2D eigenvalue weighted by molar-refractivity contribution is 14.0. The van der Waals surface area contributed by atoms with E-state index in [0.29, 0.717) is 6.42 Å². The van der Waals surface area contributed by atoms with Gasteiger partial charge in [0.05, 0.1) is 24.7 Å². The Labute approximate surface area is 162 Å². The lowest BCUT2D eigenvalue weighted by atomic mass is 10.2. The number of hydrogen-bond donors (Lipinski definition) is 2. The number of rotatable bonds is 7. The van der Waals surface area contributed by atoms with Crippen LogP contribution < -0.4 is 10.6 Å². The first-order chi connectivity index (χ1) is 11.1. The van der Waals surface area contributed by atoms with Crippen LogP contribution in [0.1, 0.15) is 26.2 Å². The topological polar surface area (TPSA) is 83.0 Å². The van der Waals surface area contributed by atoms with Crippen molar-refractivity contribution >= 4 is 39.8 Å². The minimum atomic E-state index is -2.86. The Morgan fingerprint density at radius 3 is 2.67 bits per heavy atom. The average Bonchev–Trinajstić information content (AvgIpc) is 2.87. The average molecular weight is 474 g/mol. The molecule has 24 heavy (non-hydrogen) atoms. The van der Waals surface area contributed by atoms with Gasteiger partial charge in [-0.1, -0.05) is 0 Å². The van der Waals surface area contributed by atoms with Gasteiger partial charge >= 0.3 is 0 Å². The molecular weight excluding hydrogens is 443 g/mol. The molecule has 1 atom stereocenters. The number of sulfone groups is 1. The molecule has 0 aromatic rings. The maximum atomic E-state index is 11.5. The van der Waals surface area contributed by atoms with Crippen molar-refractivity contribution in [1.82, 2.24) is 15.5 Å². The SMILES string of the molecule is CCNC(=NCCCCN1CCOCC1)NC1CCS(=O)(=O)C1.I. The molecule has 0 aromatic heterocycles. The van der Waals surface area contributed by atoms with Gasteiger partial charge in [0.25, 0.3) is 0 Å². The van der Waals surface area contributed by atoms with Crippen molar-refractivity contribution in [3.8, 4) is 0 Å². The quantitative estimate of drug-likeness (QED) is 0.242. The molecule has 2 aliphatic heterocycles. The van der Waals surface area contributed by atoms with E-state index in [0.717, 1.165) is 64.7 Å². The van der Waals surface area contributed by atoms with Gasteiger partial charge in [-0.15, -0.1) is 24.0 Å². The number of unbranched alkanes of at least 4 members (excludes halogenated alkanes) is 1. The molecule has 7 nitrogen and oxygen atoms in total. The summed E-state index contributed by atoms with van der Waals surface area (Å²) >= 11 is 0. The number of nitrogens with zero attached hydrogens (tertiary/aromatic N) is 2. The second kappa shape index (κ2) is 11.5. The highest BCUT2D eigenvalue weighted by Crippen LogP contribution is 2.11. The molecule has 2 rings (SSSR count). The maximum Gasteiger partial charge on any atom is 0.191 e. The molecule has 0 radical (unpaired) electrons.